The first-order chi connectivity index (χ1) is 16.4. The third-order valence-corrected chi connectivity index (χ3v) is 8.43. The second kappa shape index (κ2) is 12.1. The largest absolute Gasteiger partial charge is 0.326 e. The maximum atomic E-state index is 12.8. The molecule has 2 aromatic carbocycles. The summed E-state index contributed by atoms with van der Waals surface area (Å²) in [4.78, 5) is 17.1. The number of rotatable bonds is 7. The lowest BCUT2D eigenvalue weighted by Crippen LogP contribution is -2.38. The summed E-state index contributed by atoms with van der Waals surface area (Å²) in [6, 6.07) is 12.5. The molecular formula is C25H29Cl3N4O3S. The van der Waals surface area contributed by atoms with E-state index < -0.39 is 10.0 Å². The van der Waals surface area contributed by atoms with Gasteiger partial charge in [-0.15, -0.1) is 24.8 Å². The second-order valence-electron chi connectivity index (χ2n) is 9.13. The molecule has 0 spiro atoms. The summed E-state index contributed by atoms with van der Waals surface area (Å²) < 4.78 is 28.0. The molecule has 194 valence electrons. The van der Waals surface area contributed by atoms with Crippen molar-refractivity contribution in [2.45, 2.75) is 30.1 Å². The molecule has 36 heavy (non-hydrogen) atoms. The minimum absolute atomic E-state index is 0. The summed E-state index contributed by atoms with van der Waals surface area (Å²) in [5.74, 6) is 0.229. The zero-order valence-corrected chi connectivity index (χ0v) is 22.7. The van der Waals surface area contributed by atoms with Crippen molar-refractivity contribution in [1.29, 1.82) is 0 Å². The number of pyridine rings is 1. The summed E-state index contributed by atoms with van der Waals surface area (Å²) in [5.41, 5.74) is 1.67. The number of amides is 1. The number of benzene rings is 2. The fourth-order valence-corrected chi connectivity index (χ4v) is 5.93. The molecule has 0 bridgehead atoms. The topological polar surface area (TPSA) is 100 Å². The average molecular weight is 572 g/mol. The highest BCUT2D eigenvalue weighted by Gasteiger charge is 2.44. The van der Waals surface area contributed by atoms with Crippen LogP contribution < -0.4 is 15.4 Å². The van der Waals surface area contributed by atoms with Crippen LogP contribution in [0.15, 0.2) is 59.8 Å². The van der Waals surface area contributed by atoms with Crippen LogP contribution in [0.2, 0.25) is 5.02 Å². The normalized spacial score (nSPS) is 21.2. The quantitative estimate of drug-likeness (QED) is 0.380. The number of carbonyl (C=O) groups is 1. The molecule has 11 heteroatoms. The number of halogens is 3. The number of anilines is 1. The number of hydrogen-bond donors (Lipinski definition) is 3. The third kappa shape index (κ3) is 6.49. The molecule has 3 aromatic rings. The number of fused-ring (bicyclic) bond motifs is 1. The first-order valence-corrected chi connectivity index (χ1v) is 13.4. The number of piperidine rings is 1. The fraction of sp³-hybridized carbons (Fsp3) is 0.360. The highest BCUT2D eigenvalue weighted by molar-refractivity contribution is 7.89. The molecule has 2 heterocycles. The van der Waals surface area contributed by atoms with E-state index in [-0.39, 0.29) is 47.5 Å². The number of sulfonamides is 1. The Morgan fingerprint density at radius 2 is 1.89 bits per heavy atom. The SMILES string of the molecule is Cl.Cl.O=C(Nc1ccc2cncc(Cl)c2c1)[C@@H]1C[C@H]1c1ccc(S(=O)(=O)NC[C@@H]2CCCNC2)cc1. The Morgan fingerprint density at radius 3 is 2.61 bits per heavy atom. The van der Waals surface area contributed by atoms with Gasteiger partial charge in [-0.3, -0.25) is 9.78 Å². The molecule has 3 N–H and O–H groups in total. The van der Waals surface area contributed by atoms with E-state index in [0.29, 0.717) is 23.2 Å². The van der Waals surface area contributed by atoms with Crippen molar-refractivity contribution in [3.05, 3.63) is 65.4 Å². The molecule has 1 saturated carbocycles. The lowest BCUT2D eigenvalue weighted by atomic mass is 10.0. The van der Waals surface area contributed by atoms with E-state index in [4.69, 9.17) is 11.6 Å². The molecule has 2 aliphatic rings. The molecule has 1 amide bonds. The van der Waals surface area contributed by atoms with Gasteiger partial charge in [0.05, 0.1) is 9.92 Å². The molecule has 2 fully saturated rings. The Bertz CT molecular complexity index is 1320. The summed E-state index contributed by atoms with van der Waals surface area (Å²) >= 11 is 6.22. The Morgan fingerprint density at radius 1 is 1.11 bits per heavy atom. The third-order valence-electron chi connectivity index (χ3n) is 6.69. The van der Waals surface area contributed by atoms with Gasteiger partial charge in [0.25, 0.3) is 0 Å². The van der Waals surface area contributed by atoms with Gasteiger partial charge in [-0.05, 0) is 74.0 Å². The number of aromatic nitrogens is 1. The van der Waals surface area contributed by atoms with E-state index in [1.54, 1.807) is 24.5 Å². The maximum absolute atomic E-state index is 12.8. The molecule has 1 saturated heterocycles. The Balaban J connectivity index is 0.00000180. The predicted octanol–water partition coefficient (Wildman–Crippen LogP) is 4.75. The van der Waals surface area contributed by atoms with E-state index in [9.17, 15) is 13.2 Å². The number of carbonyl (C=O) groups excluding carboxylic acids is 1. The van der Waals surface area contributed by atoms with Crippen molar-refractivity contribution < 1.29 is 13.2 Å². The van der Waals surface area contributed by atoms with Crippen LogP contribution in [0.1, 0.15) is 30.7 Å². The molecule has 3 atom stereocenters. The zero-order valence-electron chi connectivity index (χ0n) is 19.4. The zero-order chi connectivity index (χ0) is 23.7. The van der Waals surface area contributed by atoms with Gasteiger partial charge >= 0.3 is 0 Å². The Hall–Kier alpha value is -1.94. The van der Waals surface area contributed by atoms with Crippen LogP contribution >= 0.6 is 36.4 Å². The van der Waals surface area contributed by atoms with E-state index in [1.807, 2.05) is 30.3 Å². The van der Waals surface area contributed by atoms with Gasteiger partial charge in [0.15, 0.2) is 0 Å². The van der Waals surface area contributed by atoms with Crippen LogP contribution in [0, 0.1) is 11.8 Å². The molecule has 0 radical (unpaired) electrons. The standard InChI is InChI=1S/C25H27ClN4O3S.2ClH/c26-24-15-28-14-18-3-6-19(10-22(18)24)30-25(31)23-11-21(23)17-4-7-20(8-5-17)34(32,33)29-13-16-2-1-9-27-12-16;;/h3-8,10,14-16,21,23,27,29H,1-2,9,11-13H2,(H,30,31);2*1H/t16-,21+,23-;;/m1../s1. The van der Waals surface area contributed by atoms with Crippen molar-refractivity contribution in [1.82, 2.24) is 15.0 Å². The van der Waals surface area contributed by atoms with Gasteiger partial charge in [0.2, 0.25) is 15.9 Å². The molecule has 1 aliphatic heterocycles. The van der Waals surface area contributed by atoms with Crippen molar-refractivity contribution in [3.63, 3.8) is 0 Å². The molecule has 5 rings (SSSR count). The molecule has 1 aliphatic carbocycles. The van der Waals surface area contributed by atoms with Crippen LogP contribution in [0.5, 0.6) is 0 Å². The van der Waals surface area contributed by atoms with Crippen LogP contribution in [0.25, 0.3) is 10.8 Å². The van der Waals surface area contributed by atoms with Gasteiger partial charge in [0.1, 0.15) is 0 Å². The summed E-state index contributed by atoms with van der Waals surface area (Å²) in [7, 11) is -3.55. The number of hydrogen-bond acceptors (Lipinski definition) is 5. The maximum Gasteiger partial charge on any atom is 0.240 e. The lowest BCUT2D eigenvalue weighted by molar-refractivity contribution is -0.117. The molecule has 7 nitrogen and oxygen atoms in total. The van der Waals surface area contributed by atoms with E-state index in [0.717, 1.165) is 48.7 Å². The summed E-state index contributed by atoms with van der Waals surface area (Å²) in [6.45, 7) is 2.29. The van der Waals surface area contributed by atoms with Crippen molar-refractivity contribution >= 4 is 68.8 Å². The monoisotopic (exact) mass is 570 g/mol. The van der Waals surface area contributed by atoms with Crippen LogP contribution in [0.3, 0.4) is 0 Å². The summed E-state index contributed by atoms with van der Waals surface area (Å²) in [6.07, 6.45) is 6.16. The summed E-state index contributed by atoms with van der Waals surface area (Å²) in [5, 5.41) is 8.57. The van der Waals surface area contributed by atoms with Gasteiger partial charge in [0, 0.05) is 41.3 Å². The van der Waals surface area contributed by atoms with Gasteiger partial charge in [-0.2, -0.15) is 0 Å². The first-order valence-electron chi connectivity index (χ1n) is 11.6. The lowest BCUT2D eigenvalue weighted by Gasteiger charge is -2.22. The van der Waals surface area contributed by atoms with Crippen molar-refractivity contribution in [3.8, 4) is 0 Å². The highest BCUT2D eigenvalue weighted by atomic mass is 35.5. The molecular weight excluding hydrogens is 543 g/mol. The van der Waals surface area contributed by atoms with Gasteiger partial charge < -0.3 is 10.6 Å². The minimum atomic E-state index is -3.55. The van der Waals surface area contributed by atoms with Crippen LogP contribution in [-0.4, -0.2) is 38.9 Å². The first kappa shape index (κ1) is 28.6. The highest BCUT2D eigenvalue weighted by Crippen LogP contribution is 2.48. The smallest absolute Gasteiger partial charge is 0.240 e. The average Bonchev–Trinajstić information content (AvgIpc) is 3.65. The van der Waals surface area contributed by atoms with E-state index in [1.165, 1.54) is 0 Å². The number of nitrogens with zero attached hydrogens (tertiary/aromatic N) is 1. The Labute approximate surface area is 228 Å². The van der Waals surface area contributed by atoms with Crippen LogP contribution in [0.4, 0.5) is 5.69 Å². The van der Waals surface area contributed by atoms with Crippen molar-refractivity contribution in [2.24, 2.45) is 11.8 Å². The van der Waals surface area contributed by atoms with Crippen LogP contribution in [-0.2, 0) is 14.8 Å². The predicted molar refractivity (Wildman–Crippen MR) is 148 cm³/mol. The minimum Gasteiger partial charge on any atom is -0.326 e. The van der Waals surface area contributed by atoms with Gasteiger partial charge in [-0.25, -0.2) is 13.1 Å². The number of nitrogens with one attached hydrogen (secondary N) is 3. The molecule has 0 unspecified atom stereocenters. The van der Waals surface area contributed by atoms with Crippen molar-refractivity contribution in [2.75, 3.05) is 25.0 Å². The van der Waals surface area contributed by atoms with Gasteiger partial charge in [-0.1, -0.05) is 29.8 Å². The second-order valence-corrected chi connectivity index (χ2v) is 11.3. The molecule has 1 aromatic heterocycles. The fourth-order valence-electron chi connectivity index (χ4n) is 4.60. The Kier molecular flexibility index (Phi) is 9.60. The van der Waals surface area contributed by atoms with E-state index in [2.05, 4.69) is 20.3 Å². The van der Waals surface area contributed by atoms with E-state index >= 15 is 0 Å².